The predicted octanol–water partition coefficient (Wildman–Crippen LogP) is 0.0251. The van der Waals surface area contributed by atoms with Crippen molar-refractivity contribution in [2.45, 2.75) is 62.4 Å². The molecule has 8 heteroatoms. The van der Waals surface area contributed by atoms with Crippen LogP contribution in [0.1, 0.15) is 34.6 Å². The van der Waals surface area contributed by atoms with Crippen molar-refractivity contribution in [2.75, 3.05) is 0 Å². The van der Waals surface area contributed by atoms with E-state index in [-0.39, 0.29) is 0 Å². The summed E-state index contributed by atoms with van der Waals surface area (Å²) >= 11 is 1.31. The molecule has 2 fully saturated rings. The normalized spacial score (nSPS) is 31.3. The van der Waals surface area contributed by atoms with Crippen molar-refractivity contribution in [1.29, 1.82) is 0 Å². The second-order valence-electron chi connectivity index (χ2n) is 7.31. The smallest absolute Gasteiger partial charge is 0.327 e. The highest BCUT2D eigenvalue weighted by Crippen LogP contribution is 2.54. The topological polar surface area (TPSA) is 107 Å². The van der Waals surface area contributed by atoms with Crippen molar-refractivity contribution >= 4 is 29.5 Å². The van der Waals surface area contributed by atoms with Crippen LogP contribution in [0, 0.1) is 5.92 Å². The SMILES string of the molecule is CC(C)(C)NC(=O)[C@@H](O)[C@@H]1C(=O)N2[C@@H]1SC(C)(C)[C@@H]2C(=O)O. The fraction of sp³-hybridized carbons (Fsp3) is 0.786. The van der Waals surface area contributed by atoms with E-state index in [9.17, 15) is 24.6 Å². The molecule has 0 aromatic rings. The van der Waals surface area contributed by atoms with Gasteiger partial charge < -0.3 is 20.4 Å². The molecule has 0 spiro atoms. The summed E-state index contributed by atoms with van der Waals surface area (Å²) in [4.78, 5) is 37.0. The highest BCUT2D eigenvalue weighted by atomic mass is 32.2. The van der Waals surface area contributed by atoms with E-state index in [2.05, 4.69) is 5.32 Å². The third-order valence-corrected chi connectivity index (χ3v) is 5.42. The van der Waals surface area contributed by atoms with E-state index in [0.29, 0.717) is 0 Å². The third kappa shape index (κ3) is 2.69. The Balaban J connectivity index is 2.16. The van der Waals surface area contributed by atoms with Crippen molar-refractivity contribution in [3.63, 3.8) is 0 Å². The highest BCUT2D eigenvalue weighted by molar-refractivity contribution is 8.01. The molecule has 2 rings (SSSR count). The number of aliphatic hydroxyl groups is 1. The number of carbonyl (C=O) groups excluding carboxylic acids is 2. The molecule has 0 unspecified atom stereocenters. The van der Waals surface area contributed by atoms with Gasteiger partial charge >= 0.3 is 5.97 Å². The Morgan fingerprint density at radius 2 is 1.91 bits per heavy atom. The molecule has 3 N–H and O–H groups in total. The number of aliphatic hydroxyl groups excluding tert-OH is 1. The fourth-order valence-electron chi connectivity index (χ4n) is 2.94. The summed E-state index contributed by atoms with van der Waals surface area (Å²) in [5, 5.41) is 21.7. The summed E-state index contributed by atoms with van der Waals surface area (Å²) in [5.74, 6) is -3.05. The maximum Gasteiger partial charge on any atom is 0.327 e. The Hall–Kier alpha value is -1.28. The van der Waals surface area contributed by atoms with Crippen molar-refractivity contribution in [2.24, 2.45) is 5.92 Å². The number of carboxylic acids is 1. The Bertz CT molecular complexity index is 528. The average Bonchev–Trinajstić information content (AvgIpc) is 2.55. The highest BCUT2D eigenvalue weighted by Gasteiger charge is 2.66. The molecule has 2 amide bonds. The van der Waals surface area contributed by atoms with Crippen LogP contribution in [0.2, 0.25) is 0 Å². The second kappa shape index (κ2) is 5.13. The standard InChI is InChI=1S/C14H22N2O5S/c1-13(2,3)15-9(18)7(17)6-10(19)16-8(12(20)21)14(4,5)22-11(6)16/h6-8,11,17H,1-5H3,(H,15,18)(H,20,21)/t6-,7+,8+,11-/m1/s1. The van der Waals surface area contributed by atoms with Crippen LogP contribution in [-0.4, -0.2) is 60.7 Å². The average molecular weight is 330 g/mol. The molecule has 2 heterocycles. The lowest BCUT2D eigenvalue weighted by Crippen LogP contribution is -2.67. The van der Waals surface area contributed by atoms with Gasteiger partial charge in [0, 0.05) is 10.3 Å². The van der Waals surface area contributed by atoms with E-state index in [0.717, 1.165) is 0 Å². The molecule has 7 nitrogen and oxygen atoms in total. The van der Waals surface area contributed by atoms with Crippen LogP contribution >= 0.6 is 11.8 Å². The van der Waals surface area contributed by atoms with Crippen molar-refractivity contribution < 1.29 is 24.6 Å². The number of β-lactam (4-membered cyclic amide) rings is 1. The summed E-state index contributed by atoms with van der Waals surface area (Å²) in [5.41, 5.74) is -0.518. The first-order valence-electron chi connectivity index (χ1n) is 7.10. The number of nitrogens with zero attached hydrogens (tertiary/aromatic N) is 1. The zero-order chi connectivity index (χ0) is 17.0. The number of thioether (sulfide) groups is 1. The maximum absolute atomic E-state index is 12.3. The minimum absolute atomic E-state index is 0.480. The number of fused-ring (bicyclic) bond motifs is 1. The summed E-state index contributed by atoms with van der Waals surface area (Å²) in [6.07, 6.45) is -1.47. The van der Waals surface area contributed by atoms with E-state index in [1.807, 2.05) is 0 Å². The maximum atomic E-state index is 12.3. The first-order valence-corrected chi connectivity index (χ1v) is 7.98. The number of aliphatic carboxylic acids is 1. The molecule has 2 aliphatic heterocycles. The largest absolute Gasteiger partial charge is 0.480 e. The summed E-state index contributed by atoms with van der Waals surface area (Å²) in [6, 6.07) is -0.941. The van der Waals surface area contributed by atoms with Gasteiger partial charge in [-0.3, -0.25) is 9.59 Å². The Morgan fingerprint density at radius 1 is 1.36 bits per heavy atom. The number of carbonyl (C=O) groups is 3. The lowest BCUT2D eigenvalue weighted by molar-refractivity contribution is -0.171. The van der Waals surface area contributed by atoms with E-state index >= 15 is 0 Å². The molecule has 4 atom stereocenters. The predicted molar refractivity (Wildman–Crippen MR) is 81.1 cm³/mol. The van der Waals surface area contributed by atoms with Crippen LogP contribution in [-0.2, 0) is 14.4 Å². The molecular formula is C14H22N2O5S. The van der Waals surface area contributed by atoms with Gasteiger partial charge in [-0.1, -0.05) is 0 Å². The molecule has 2 aliphatic rings. The van der Waals surface area contributed by atoms with Crippen LogP contribution in [0.3, 0.4) is 0 Å². The van der Waals surface area contributed by atoms with Crippen LogP contribution in [0.5, 0.6) is 0 Å². The van der Waals surface area contributed by atoms with E-state index in [1.165, 1.54) is 16.7 Å². The van der Waals surface area contributed by atoms with Gasteiger partial charge in [0.15, 0.2) is 0 Å². The first kappa shape index (κ1) is 17.1. The zero-order valence-corrected chi connectivity index (χ0v) is 14.1. The Kier molecular flexibility index (Phi) is 3.98. The molecule has 0 radical (unpaired) electrons. The zero-order valence-electron chi connectivity index (χ0n) is 13.3. The van der Waals surface area contributed by atoms with Gasteiger partial charge in [0.25, 0.3) is 0 Å². The monoisotopic (exact) mass is 330 g/mol. The van der Waals surface area contributed by atoms with E-state index < -0.39 is 51.5 Å². The van der Waals surface area contributed by atoms with E-state index in [1.54, 1.807) is 34.6 Å². The van der Waals surface area contributed by atoms with Gasteiger partial charge in [0.2, 0.25) is 11.8 Å². The number of nitrogens with one attached hydrogen (secondary N) is 1. The van der Waals surface area contributed by atoms with Gasteiger partial charge in [-0.2, -0.15) is 0 Å². The minimum Gasteiger partial charge on any atom is -0.480 e. The van der Waals surface area contributed by atoms with Gasteiger partial charge in [-0.25, -0.2) is 4.79 Å². The Morgan fingerprint density at radius 3 is 2.36 bits per heavy atom. The van der Waals surface area contributed by atoms with Gasteiger partial charge in [-0.05, 0) is 34.6 Å². The second-order valence-corrected chi connectivity index (χ2v) is 9.08. The number of hydrogen-bond donors (Lipinski definition) is 3. The first-order chi connectivity index (χ1) is 9.87. The number of amides is 2. The third-order valence-electron chi connectivity index (χ3n) is 3.82. The van der Waals surface area contributed by atoms with E-state index in [4.69, 9.17) is 0 Å². The van der Waals surface area contributed by atoms with Crippen LogP contribution in [0.15, 0.2) is 0 Å². The molecule has 0 saturated carbocycles. The Labute approximate surface area is 133 Å². The van der Waals surface area contributed by atoms with Crippen LogP contribution in [0.4, 0.5) is 0 Å². The summed E-state index contributed by atoms with van der Waals surface area (Å²) in [6.45, 7) is 8.84. The molecule has 22 heavy (non-hydrogen) atoms. The molecule has 0 bridgehead atoms. The van der Waals surface area contributed by atoms with Crippen molar-refractivity contribution in [1.82, 2.24) is 10.2 Å². The fourth-order valence-corrected chi connectivity index (χ4v) is 4.66. The van der Waals surface area contributed by atoms with Gasteiger partial charge in [0.05, 0.1) is 5.37 Å². The number of carboxylic acid groups (broad SMARTS) is 1. The van der Waals surface area contributed by atoms with Gasteiger partial charge in [0.1, 0.15) is 18.1 Å². The van der Waals surface area contributed by atoms with Crippen molar-refractivity contribution in [3.8, 4) is 0 Å². The molecule has 124 valence electrons. The molecule has 0 aromatic heterocycles. The lowest BCUT2D eigenvalue weighted by Gasteiger charge is -2.45. The molecule has 0 aromatic carbocycles. The quantitative estimate of drug-likeness (QED) is 0.630. The minimum atomic E-state index is -1.47. The summed E-state index contributed by atoms with van der Waals surface area (Å²) < 4.78 is -0.666. The van der Waals surface area contributed by atoms with Crippen LogP contribution < -0.4 is 5.32 Å². The lowest BCUT2D eigenvalue weighted by atomic mass is 9.87. The number of rotatable bonds is 3. The van der Waals surface area contributed by atoms with Crippen molar-refractivity contribution in [3.05, 3.63) is 0 Å². The van der Waals surface area contributed by atoms with Gasteiger partial charge in [-0.15, -0.1) is 11.8 Å². The molecule has 0 aliphatic carbocycles. The molecule has 2 saturated heterocycles. The number of hydrogen-bond acceptors (Lipinski definition) is 5. The van der Waals surface area contributed by atoms with Crippen LogP contribution in [0.25, 0.3) is 0 Å². The summed E-state index contributed by atoms with van der Waals surface area (Å²) in [7, 11) is 0. The molecular weight excluding hydrogens is 308 g/mol.